The van der Waals surface area contributed by atoms with Gasteiger partial charge in [-0.1, -0.05) is 6.07 Å². The Morgan fingerprint density at radius 1 is 0.857 bits per heavy atom. The predicted octanol–water partition coefficient (Wildman–Crippen LogP) is 5.88. The number of anilines is 2. The van der Waals surface area contributed by atoms with Crippen molar-refractivity contribution in [2.45, 2.75) is 0 Å². The van der Waals surface area contributed by atoms with Crippen LogP contribution < -0.4 is 15.4 Å². The second-order valence-corrected chi connectivity index (χ2v) is 6.04. The second-order valence-electron chi connectivity index (χ2n) is 6.04. The number of halogens is 2. The van der Waals surface area contributed by atoms with Gasteiger partial charge in [-0.2, -0.15) is 0 Å². The smallest absolute Gasteiger partial charge is 0.323 e. The molecule has 0 unspecified atom stereocenters. The molecule has 0 saturated carbocycles. The molecule has 28 heavy (non-hydrogen) atoms. The van der Waals surface area contributed by atoms with Crippen LogP contribution in [-0.4, -0.2) is 11.0 Å². The van der Waals surface area contributed by atoms with Crippen LogP contribution in [0.15, 0.2) is 72.9 Å². The largest absolute Gasteiger partial charge is 0.451 e. The number of carbonyl (C=O) groups excluding carboxylic acids is 1. The van der Waals surface area contributed by atoms with Crippen LogP contribution in [0.1, 0.15) is 0 Å². The third kappa shape index (κ3) is 3.78. The van der Waals surface area contributed by atoms with Crippen molar-refractivity contribution in [2.24, 2.45) is 0 Å². The molecule has 0 saturated heterocycles. The van der Waals surface area contributed by atoms with Crippen molar-refractivity contribution in [2.75, 3.05) is 10.6 Å². The average Bonchev–Trinajstić information content (AvgIpc) is 3.14. The number of rotatable bonds is 4. The number of urea groups is 1. The summed E-state index contributed by atoms with van der Waals surface area (Å²) < 4.78 is 32.5. The van der Waals surface area contributed by atoms with E-state index in [1.807, 2.05) is 24.4 Å². The molecule has 3 N–H and O–H groups in total. The molecule has 1 heterocycles. The number of aromatic nitrogens is 1. The van der Waals surface area contributed by atoms with Gasteiger partial charge < -0.3 is 20.4 Å². The van der Waals surface area contributed by atoms with Gasteiger partial charge in [-0.05, 0) is 60.7 Å². The van der Waals surface area contributed by atoms with Gasteiger partial charge in [0.15, 0.2) is 17.4 Å². The maximum absolute atomic E-state index is 13.6. The Labute approximate surface area is 159 Å². The number of para-hydroxylation sites is 1. The van der Waals surface area contributed by atoms with E-state index >= 15 is 0 Å². The Hall–Kier alpha value is -3.87. The fourth-order valence-electron chi connectivity index (χ4n) is 2.73. The van der Waals surface area contributed by atoms with Gasteiger partial charge in [0.2, 0.25) is 0 Å². The fraction of sp³-hybridized carbons (Fsp3) is 0. The zero-order valence-electron chi connectivity index (χ0n) is 14.5. The maximum Gasteiger partial charge on any atom is 0.323 e. The number of aromatic amines is 1. The highest BCUT2D eigenvalue weighted by Crippen LogP contribution is 2.28. The first-order chi connectivity index (χ1) is 13.6. The molecule has 0 fully saturated rings. The second kappa shape index (κ2) is 7.40. The number of ether oxygens (including phenoxy) is 1. The van der Waals surface area contributed by atoms with E-state index in [-0.39, 0.29) is 5.75 Å². The lowest BCUT2D eigenvalue weighted by Crippen LogP contribution is -2.19. The first-order valence-electron chi connectivity index (χ1n) is 8.45. The molecule has 4 rings (SSSR count). The molecule has 7 heteroatoms. The van der Waals surface area contributed by atoms with Crippen LogP contribution in [0.5, 0.6) is 11.5 Å². The van der Waals surface area contributed by atoms with E-state index in [4.69, 9.17) is 4.74 Å². The van der Waals surface area contributed by atoms with Crippen LogP contribution in [0.4, 0.5) is 25.0 Å². The summed E-state index contributed by atoms with van der Waals surface area (Å²) >= 11 is 0. The minimum Gasteiger partial charge on any atom is -0.451 e. The molecular formula is C21H15F2N3O2. The van der Waals surface area contributed by atoms with E-state index < -0.39 is 23.4 Å². The number of hydrogen-bond donors (Lipinski definition) is 3. The molecule has 0 spiro atoms. The SMILES string of the molecule is O=C(Nc1ccc(Oc2c(F)cccc2F)cc1)Nc1ccc2[nH]ccc2c1. The van der Waals surface area contributed by atoms with Gasteiger partial charge in [0.05, 0.1) is 0 Å². The number of amides is 2. The number of nitrogens with one attached hydrogen (secondary N) is 3. The highest BCUT2D eigenvalue weighted by molar-refractivity contribution is 6.01. The van der Waals surface area contributed by atoms with Crippen molar-refractivity contribution >= 4 is 28.3 Å². The highest BCUT2D eigenvalue weighted by Gasteiger charge is 2.11. The number of fused-ring (bicyclic) bond motifs is 1. The van der Waals surface area contributed by atoms with Crippen molar-refractivity contribution in [3.8, 4) is 11.5 Å². The van der Waals surface area contributed by atoms with Gasteiger partial charge >= 0.3 is 6.03 Å². The van der Waals surface area contributed by atoms with Crippen LogP contribution in [0.3, 0.4) is 0 Å². The zero-order valence-corrected chi connectivity index (χ0v) is 14.5. The molecule has 5 nitrogen and oxygen atoms in total. The first-order valence-corrected chi connectivity index (χ1v) is 8.45. The summed E-state index contributed by atoms with van der Waals surface area (Å²) in [4.78, 5) is 15.2. The lowest BCUT2D eigenvalue weighted by atomic mass is 10.2. The molecule has 0 aliphatic rings. The molecule has 1 aromatic heterocycles. The van der Waals surface area contributed by atoms with Crippen LogP contribution in [0.2, 0.25) is 0 Å². The molecule has 3 aromatic carbocycles. The van der Waals surface area contributed by atoms with E-state index in [0.717, 1.165) is 23.0 Å². The summed E-state index contributed by atoms with van der Waals surface area (Å²) in [5.41, 5.74) is 2.13. The molecule has 2 amide bonds. The Kier molecular flexibility index (Phi) is 4.63. The predicted molar refractivity (Wildman–Crippen MR) is 104 cm³/mol. The molecule has 140 valence electrons. The molecule has 0 atom stereocenters. The van der Waals surface area contributed by atoms with Gasteiger partial charge in [0, 0.05) is 28.5 Å². The summed E-state index contributed by atoms with van der Waals surface area (Å²) in [6.45, 7) is 0. The van der Waals surface area contributed by atoms with E-state index in [2.05, 4.69) is 15.6 Å². The van der Waals surface area contributed by atoms with Crippen molar-refractivity contribution in [3.63, 3.8) is 0 Å². The van der Waals surface area contributed by atoms with Gasteiger partial charge in [-0.15, -0.1) is 0 Å². The number of H-pyrrole nitrogens is 1. The van der Waals surface area contributed by atoms with Crippen molar-refractivity contribution in [1.29, 1.82) is 0 Å². The van der Waals surface area contributed by atoms with Gasteiger partial charge in [-0.3, -0.25) is 0 Å². The topological polar surface area (TPSA) is 66.2 Å². The highest BCUT2D eigenvalue weighted by atomic mass is 19.1. The Morgan fingerprint density at radius 3 is 2.29 bits per heavy atom. The summed E-state index contributed by atoms with van der Waals surface area (Å²) in [7, 11) is 0. The summed E-state index contributed by atoms with van der Waals surface area (Å²) in [5.74, 6) is -1.81. The fourth-order valence-corrected chi connectivity index (χ4v) is 2.73. The Bertz CT molecular complexity index is 1120. The number of carbonyl (C=O) groups is 1. The third-order valence-corrected chi connectivity index (χ3v) is 4.06. The zero-order chi connectivity index (χ0) is 19.5. The minimum atomic E-state index is -0.791. The van der Waals surface area contributed by atoms with Crippen LogP contribution in [0.25, 0.3) is 10.9 Å². The van der Waals surface area contributed by atoms with Gasteiger partial charge in [0.25, 0.3) is 0 Å². The minimum absolute atomic E-state index is 0.243. The monoisotopic (exact) mass is 379 g/mol. The van der Waals surface area contributed by atoms with Gasteiger partial charge in [0.1, 0.15) is 5.75 Å². The van der Waals surface area contributed by atoms with E-state index in [1.54, 1.807) is 18.2 Å². The Morgan fingerprint density at radius 2 is 1.54 bits per heavy atom. The number of hydrogen-bond acceptors (Lipinski definition) is 2. The van der Waals surface area contributed by atoms with E-state index in [0.29, 0.717) is 11.4 Å². The van der Waals surface area contributed by atoms with Crippen molar-refractivity contribution in [1.82, 2.24) is 4.98 Å². The molecule has 0 bridgehead atoms. The van der Waals surface area contributed by atoms with Crippen molar-refractivity contribution in [3.05, 3.63) is 84.6 Å². The molecule has 0 aliphatic carbocycles. The third-order valence-electron chi connectivity index (χ3n) is 4.06. The standard InChI is InChI=1S/C21H15F2N3O2/c22-17-2-1-3-18(23)20(17)28-16-7-4-14(5-8-16)25-21(27)26-15-6-9-19-13(12-15)10-11-24-19/h1-12,24H,(H2,25,26,27). The van der Waals surface area contributed by atoms with Crippen LogP contribution in [0, 0.1) is 11.6 Å². The summed E-state index contributed by atoms with van der Waals surface area (Å²) in [5, 5.41) is 6.42. The molecule has 0 radical (unpaired) electrons. The normalized spacial score (nSPS) is 10.6. The maximum atomic E-state index is 13.6. The molecule has 0 aliphatic heterocycles. The van der Waals surface area contributed by atoms with E-state index in [9.17, 15) is 13.6 Å². The van der Waals surface area contributed by atoms with E-state index in [1.165, 1.54) is 18.2 Å². The van der Waals surface area contributed by atoms with Crippen LogP contribution in [-0.2, 0) is 0 Å². The summed E-state index contributed by atoms with van der Waals surface area (Å²) in [6.07, 6.45) is 1.82. The lowest BCUT2D eigenvalue weighted by molar-refractivity contribution is 0.262. The lowest BCUT2D eigenvalue weighted by Gasteiger charge is -2.10. The average molecular weight is 379 g/mol. The Balaban J connectivity index is 1.40. The molecule has 4 aromatic rings. The van der Waals surface area contributed by atoms with Gasteiger partial charge in [-0.25, -0.2) is 13.6 Å². The van der Waals surface area contributed by atoms with Crippen LogP contribution >= 0.6 is 0 Å². The number of benzene rings is 3. The summed E-state index contributed by atoms with van der Waals surface area (Å²) in [6, 6.07) is 16.7. The van der Waals surface area contributed by atoms with Crippen molar-refractivity contribution < 1.29 is 18.3 Å². The quantitative estimate of drug-likeness (QED) is 0.414. The molecular weight excluding hydrogens is 364 g/mol. The first kappa shape index (κ1) is 17.5.